The number of rotatable bonds is 1. The highest BCUT2D eigenvalue weighted by Gasteiger charge is 2.45. The van der Waals surface area contributed by atoms with E-state index in [-0.39, 0.29) is 10.8 Å². The Hall–Kier alpha value is -2.81. The quantitative estimate of drug-likeness (QED) is 0.327. The SMILES string of the molecule is CC1(C)c2ccccc2C(C)(C)c2cc(C3(O)c4ccccc4Sc4ccccc43)ccc21. The molecular formula is C31H28OS. The summed E-state index contributed by atoms with van der Waals surface area (Å²) in [5, 5.41) is 12.5. The van der Waals surface area contributed by atoms with Crippen LogP contribution in [0.3, 0.4) is 0 Å². The van der Waals surface area contributed by atoms with Gasteiger partial charge in [0.05, 0.1) is 0 Å². The Kier molecular flexibility index (Phi) is 4.31. The van der Waals surface area contributed by atoms with Crippen LogP contribution in [0.4, 0.5) is 0 Å². The molecule has 1 N–H and O–H groups in total. The second-order valence-electron chi connectivity index (χ2n) is 10.4. The topological polar surface area (TPSA) is 20.2 Å². The molecule has 1 aliphatic heterocycles. The zero-order chi connectivity index (χ0) is 23.0. The van der Waals surface area contributed by atoms with E-state index in [0.29, 0.717) is 0 Å². The predicted molar refractivity (Wildman–Crippen MR) is 136 cm³/mol. The first-order chi connectivity index (χ1) is 15.8. The van der Waals surface area contributed by atoms with Crippen molar-refractivity contribution in [2.75, 3.05) is 0 Å². The van der Waals surface area contributed by atoms with Gasteiger partial charge in [-0.25, -0.2) is 0 Å². The molecule has 1 nitrogen and oxygen atoms in total. The Morgan fingerprint density at radius 3 is 1.48 bits per heavy atom. The molecule has 0 atom stereocenters. The molecule has 33 heavy (non-hydrogen) atoms. The first-order valence-electron chi connectivity index (χ1n) is 11.6. The van der Waals surface area contributed by atoms with Crippen LogP contribution in [0.2, 0.25) is 0 Å². The number of hydrogen-bond acceptors (Lipinski definition) is 2. The molecule has 0 saturated heterocycles. The molecule has 2 heteroatoms. The van der Waals surface area contributed by atoms with E-state index >= 15 is 0 Å². The van der Waals surface area contributed by atoms with Gasteiger partial charge in [0.25, 0.3) is 0 Å². The summed E-state index contributed by atoms with van der Waals surface area (Å²) in [6, 6.07) is 32.0. The second-order valence-corrected chi connectivity index (χ2v) is 11.4. The third kappa shape index (κ3) is 2.71. The van der Waals surface area contributed by atoms with Crippen molar-refractivity contribution in [1.82, 2.24) is 0 Å². The molecule has 2 aliphatic rings. The fourth-order valence-corrected chi connectivity index (χ4v) is 7.16. The molecule has 0 aromatic heterocycles. The van der Waals surface area contributed by atoms with Gasteiger partial charge in [-0.1, -0.05) is 118 Å². The minimum atomic E-state index is -1.19. The summed E-state index contributed by atoms with van der Waals surface area (Å²) in [5.74, 6) is 0. The van der Waals surface area contributed by atoms with Crippen LogP contribution in [-0.4, -0.2) is 5.11 Å². The molecule has 0 radical (unpaired) electrons. The Morgan fingerprint density at radius 1 is 0.515 bits per heavy atom. The maximum atomic E-state index is 12.5. The third-order valence-corrected chi connectivity index (χ3v) is 8.98. The van der Waals surface area contributed by atoms with Crippen molar-refractivity contribution in [2.24, 2.45) is 0 Å². The zero-order valence-corrected chi connectivity index (χ0v) is 20.3. The van der Waals surface area contributed by atoms with Crippen molar-refractivity contribution in [1.29, 1.82) is 0 Å². The fraction of sp³-hybridized carbons (Fsp3) is 0.226. The summed E-state index contributed by atoms with van der Waals surface area (Å²) in [4.78, 5) is 2.22. The minimum absolute atomic E-state index is 0.0964. The highest BCUT2D eigenvalue weighted by atomic mass is 32.2. The molecule has 0 spiro atoms. The lowest BCUT2D eigenvalue weighted by molar-refractivity contribution is 0.118. The summed E-state index contributed by atoms with van der Waals surface area (Å²) >= 11 is 1.74. The number of aliphatic hydroxyl groups is 1. The zero-order valence-electron chi connectivity index (χ0n) is 19.5. The van der Waals surface area contributed by atoms with E-state index in [0.717, 1.165) is 26.5 Å². The smallest absolute Gasteiger partial charge is 0.142 e. The van der Waals surface area contributed by atoms with Crippen molar-refractivity contribution < 1.29 is 5.11 Å². The summed E-state index contributed by atoms with van der Waals surface area (Å²) in [6.45, 7) is 9.25. The van der Waals surface area contributed by atoms with Crippen molar-refractivity contribution in [3.63, 3.8) is 0 Å². The maximum Gasteiger partial charge on any atom is 0.142 e. The number of fused-ring (bicyclic) bond motifs is 4. The average molecular weight is 449 g/mol. The fourth-order valence-electron chi connectivity index (χ4n) is 5.98. The molecule has 0 bridgehead atoms. The highest BCUT2D eigenvalue weighted by Crippen LogP contribution is 2.54. The average Bonchev–Trinajstić information content (AvgIpc) is 2.83. The monoisotopic (exact) mass is 448 g/mol. The first kappa shape index (κ1) is 20.8. The predicted octanol–water partition coefficient (Wildman–Crippen LogP) is 7.40. The van der Waals surface area contributed by atoms with Crippen molar-refractivity contribution >= 4 is 11.8 Å². The van der Waals surface area contributed by atoms with Gasteiger partial charge in [0, 0.05) is 31.7 Å². The van der Waals surface area contributed by atoms with E-state index in [1.165, 1.54) is 22.3 Å². The van der Waals surface area contributed by atoms with Gasteiger partial charge in [0.2, 0.25) is 0 Å². The van der Waals surface area contributed by atoms with E-state index in [1.807, 2.05) is 12.1 Å². The van der Waals surface area contributed by atoms with E-state index in [1.54, 1.807) is 11.8 Å². The molecule has 4 aromatic carbocycles. The standard InChI is InChI=1S/C31H28OS/c1-29(2)21-11-5-6-12-22(21)30(3,4)26-19-20(17-18-23(26)29)31(32)24-13-7-9-15-27(24)33-28-16-10-8-14-25(28)31/h5-19,32H,1-4H3. The van der Waals surface area contributed by atoms with Gasteiger partial charge in [-0.3, -0.25) is 0 Å². The van der Waals surface area contributed by atoms with Gasteiger partial charge < -0.3 is 5.11 Å². The minimum Gasteiger partial charge on any atom is -0.376 e. The highest BCUT2D eigenvalue weighted by molar-refractivity contribution is 7.99. The summed E-state index contributed by atoms with van der Waals surface area (Å²) in [6.07, 6.45) is 0. The Balaban J connectivity index is 1.64. The molecule has 0 saturated carbocycles. The Morgan fingerprint density at radius 2 is 0.939 bits per heavy atom. The molecule has 1 aliphatic carbocycles. The third-order valence-electron chi connectivity index (χ3n) is 7.83. The maximum absolute atomic E-state index is 12.5. The molecule has 164 valence electrons. The van der Waals surface area contributed by atoms with E-state index in [2.05, 4.69) is 107 Å². The molecule has 1 heterocycles. The normalized spacial score (nSPS) is 18.5. The van der Waals surface area contributed by atoms with Gasteiger partial charge in [-0.05, 0) is 39.9 Å². The van der Waals surface area contributed by atoms with Crippen LogP contribution in [-0.2, 0) is 16.4 Å². The molecule has 4 aromatic rings. The Labute approximate surface area is 200 Å². The molecular weight excluding hydrogens is 420 g/mol. The largest absolute Gasteiger partial charge is 0.376 e. The summed E-state index contributed by atoms with van der Waals surface area (Å²) in [7, 11) is 0. The van der Waals surface area contributed by atoms with Gasteiger partial charge in [0.15, 0.2) is 0 Å². The molecule has 0 amide bonds. The molecule has 0 fully saturated rings. The van der Waals surface area contributed by atoms with Crippen LogP contribution in [0.25, 0.3) is 0 Å². The van der Waals surface area contributed by atoms with Crippen LogP contribution >= 0.6 is 11.8 Å². The van der Waals surface area contributed by atoms with E-state index in [9.17, 15) is 5.11 Å². The van der Waals surface area contributed by atoms with Gasteiger partial charge in [-0.2, -0.15) is 0 Å². The van der Waals surface area contributed by atoms with Crippen molar-refractivity contribution in [2.45, 2.75) is 53.9 Å². The second kappa shape index (κ2) is 6.85. The van der Waals surface area contributed by atoms with Crippen molar-refractivity contribution in [3.8, 4) is 0 Å². The molecule has 0 unspecified atom stereocenters. The first-order valence-corrected chi connectivity index (χ1v) is 12.4. The van der Waals surface area contributed by atoms with Gasteiger partial charge in [0.1, 0.15) is 5.60 Å². The van der Waals surface area contributed by atoms with Crippen LogP contribution in [0.5, 0.6) is 0 Å². The van der Waals surface area contributed by atoms with Crippen LogP contribution in [0.15, 0.2) is 101 Å². The van der Waals surface area contributed by atoms with E-state index in [4.69, 9.17) is 0 Å². The Bertz CT molecular complexity index is 1370. The van der Waals surface area contributed by atoms with Crippen LogP contribution in [0, 0.1) is 0 Å². The number of hydrogen-bond donors (Lipinski definition) is 1. The lowest BCUT2D eigenvalue weighted by Gasteiger charge is -2.45. The number of benzene rings is 4. The summed E-state index contributed by atoms with van der Waals surface area (Å²) in [5.41, 5.74) is 6.80. The van der Waals surface area contributed by atoms with E-state index < -0.39 is 5.60 Å². The van der Waals surface area contributed by atoms with Gasteiger partial charge in [-0.15, -0.1) is 0 Å². The lowest BCUT2D eigenvalue weighted by atomic mass is 9.59. The van der Waals surface area contributed by atoms with Crippen molar-refractivity contribution in [3.05, 3.63) is 130 Å². The van der Waals surface area contributed by atoms with Crippen LogP contribution in [0.1, 0.15) is 66.6 Å². The molecule has 6 rings (SSSR count). The van der Waals surface area contributed by atoms with Crippen LogP contribution < -0.4 is 0 Å². The lowest BCUT2D eigenvalue weighted by Crippen LogP contribution is -2.38. The van der Waals surface area contributed by atoms with Gasteiger partial charge >= 0.3 is 0 Å². The summed E-state index contributed by atoms with van der Waals surface area (Å²) < 4.78 is 0.